The lowest BCUT2D eigenvalue weighted by molar-refractivity contribution is 1.19. The number of pyridine rings is 1. The van der Waals surface area contributed by atoms with Crippen LogP contribution in [-0.2, 0) is 0 Å². The molecule has 3 aromatic heterocycles. The van der Waals surface area contributed by atoms with Crippen molar-refractivity contribution >= 4 is 17.0 Å². The monoisotopic (exact) mass is 287 g/mol. The van der Waals surface area contributed by atoms with Gasteiger partial charge >= 0.3 is 0 Å². The van der Waals surface area contributed by atoms with Crippen LogP contribution in [0.5, 0.6) is 0 Å². The zero-order valence-corrected chi connectivity index (χ0v) is 11.7. The normalized spacial score (nSPS) is 10.9. The van der Waals surface area contributed by atoms with E-state index in [9.17, 15) is 0 Å². The quantitative estimate of drug-likeness (QED) is 0.593. The first kappa shape index (κ1) is 12.5. The molecule has 5 nitrogen and oxygen atoms in total. The van der Waals surface area contributed by atoms with Crippen molar-refractivity contribution in [2.45, 2.75) is 0 Å². The Hall–Kier alpha value is -3.21. The van der Waals surface area contributed by atoms with Gasteiger partial charge in [0.25, 0.3) is 0 Å². The van der Waals surface area contributed by atoms with Crippen molar-refractivity contribution in [1.29, 1.82) is 0 Å². The van der Waals surface area contributed by atoms with E-state index in [-0.39, 0.29) is 5.95 Å². The zero-order chi connectivity index (χ0) is 14.9. The van der Waals surface area contributed by atoms with Gasteiger partial charge in [-0.1, -0.05) is 30.3 Å². The van der Waals surface area contributed by atoms with Crippen LogP contribution in [0.15, 0.2) is 61.1 Å². The van der Waals surface area contributed by atoms with Gasteiger partial charge in [0.05, 0.1) is 5.69 Å². The number of benzene rings is 1. The average molecular weight is 287 g/mol. The molecule has 106 valence electrons. The van der Waals surface area contributed by atoms with Gasteiger partial charge in [-0.25, -0.2) is 15.0 Å². The van der Waals surface area contributed by atoms with Crippen molar-refractivity contribution in [2.75, 3.05) is 5.73 Å². The Labute approximate surface area is 126 Å². The van der Waals surface area contributed by atoms with Crippen LogP contribution in [0.2, 0.25) is 0 Å². The molecule has 0 atom stereocenters. The summed E-state index contributed by atoms with van der Waals surface area (Å²) in [4.78, 5) is 15.9. The Morgan fingerprint density at radius 1 is 0.864 bits per heavy atom. The first-order valence-electron chi connectivity index (χ1n) is 6.93. The number of aromatic nitrogens is 4. The molecular weight excluding hydrogens is 274 g/mol. The molecule has 0 aliphatic rings. The summed E-state index contributed by atoms with van der Waals surface area (Å²) in [7, 11) is 0. The molecule has 0 saturated carbocycles. The smallest absolute Gasteiger partial charge is 0.220 e. The molecule has 0 radical (unpaired) electrons. The Kier molecular flexibility index (Phi) is 2.83. The van der Waals surface area contributed by atoms with E-state index >= 15 is 0 Å². The van der Waals surface area contributed by atoms with Crippen molar-refractivity contribution in [2.24, 2.45) is 0 Å². The maximum Gasteiger partial charge on any atom is 0.220 e. The fraction of sp³-hybridized carbons (Fsp3) is 0. The highest BCUT2D eigenvalue weighted by atomic mass is 15.0. The highest BCUT2D eigenvalue weighted by Crippen LogP contribution is 2.34. The third-order valence-corrected chi connectivity index (χ3v) is 3.61. The van der Waals surface area contributed by atoms with Gasteiger partial charge in [-0.05, 0) is 23.3 Å². The van der Waals surface area contributed by atoms with Crippen molar-refractivity contribution in [1.82, 2.24) is 19.9 Å². The zero-order valence-electron chi connectivity index (χ0n) is 11.7. The maximum absolute atomic E-state index is 5.71. The Balaban J connectivity index is 2.02. The number of nitrogen functional groups attached to an aromatic ring is 1. The molecule has 4 aromatic rings. The summed E-state index contributed by atoms with van der Waals surface area (Å²) in [5.74, 6) is 0.261. The molecule has 3 heterocycles. The molecule has 0 spiro atoms. The van der Waals surface area contributed by atoms with E-state index in [1.54, 1.807) is 12.4 Å². The van der Waals surface area contributed by atoms with Crippen molar-refractivity contribution in [3.63, 3.8) is 0 Å². The number of nitrogens with one attached hydrogen (secondary N) is 1. The van der Waals surface area contributed by atoms with Gasteiger partial charge in [-0.2, -0.15) is 0 Å². The van der Waals surface area contributed by atoms with Crippen LogP contribution in [0.1, 0.15) is 0 Å². The van der Waals surface area contributed by atoms with E-state index in [2.05, 4.69) is 32.1 Å². The second-order valence-electron chi connectivity index (χ2n) is 4.95. The molecule has 5 heteroatoms. The van der Waals surface area contributed by atoms with Gasteiger partial charge in [0.2, 0.25) is 5.95 Å². The standard InChI is InChI=1S/C17H13N5/c18-17-20-9-7-14(22-17)13-10-21-16-15(13)12(6-8-19-16)11-4-2-1-3-5-11/h1-10H,(H,19,21)(H2,18,20,22). The second kappa shape index (κ2) is 4.96. The minimum absolute atomic E-state index is 0.261. The number of anilines is 1. The topological polar surface area (TPSA) is 80.5 Å². The number of nitrogens with zero attached hydrogens (tertiary/aromatic N) is 3. The first-order chi connectivity index (χ1) is 10.8. The number of nitrogens with two attached hydrogens (primary N) is 1. The van der Waals surface area contributed by atoms with Crippen LogP contribution in [0.25, 0.3) is 33.4 Å². The number of fused-ring (bicyclic) bond motifs is 1. The molecule has 22 heavy (non-hydrogen) atoms. The number of hydrogen-bond donors (Lipinski definition) is 2. The van der Waals surface area contributed by atoms with Crippen molar-refractivity contribution < 1.29 is 0 Å². The summed E-state index contributed by atoms with van der Waals surface area (Å²) in [6.07, 6.45) is 5.38. The number of rotatable bonds is 2. The molecule has 0 fully saturated rings. The third-order valence-electron chi connectivity index (χ3n) is 3.61. The van der Waals surface area contributed by atoms with Crippen molar-refractivity contribution in [3.8, 4) is 22.4 Å². The van der Waals surface area contributed by atoms with Gasteiger partial charge in [0.1, 0.15) is 5.65 Å². The molecule has 4 rings (SSSR count). The Bertz CT molecular complexity index is 944. The molecular formula is C17H13N5. The van der Waals surface area contributed by atoms with Gasteiger partial charge < -0.3 is 10.7 Å². The minimum Gasteiger partial charge on any atom is -0.368 e. The number of H-pyrrole nitrogens is 1. The average Bonchev–Trinajstić information content (AvgIpc) is 3.00. The van der Waals surface area contributed by atoms with Crippen LogP contribution in [0.3, 0.4) is 0 Å². The molecule has 0 bridgehead atoms. The molecule has 0 unspecified atom stereocenters. The van der Waals surface area contributed by atoms with Crippen LogP contribution in [0, 0.1) is 0 Å². The van der Waals surface area contributed by atoms with Gasteiger partial charge in [0, 0.05) is 29.5 Å². The first-order valence-corrected chi connectivity index (χ1v) is 6.93. The lowest BCUT2D eigenvalue weighted by Gasteiger charge is -2.06. The van der Waals surface area contributed by atoms with Crippen LogP contribution < -0.4 is 5.73 Å². The largest absolute Gasteiger partial charge is 0.368 e. The lowest BCUT2D eigenvalue weighted by atomic mass is 10.0. The van der Waals surface area contributed by atoms with E-state index in [1.807, 2.05) is 36.5 Å². The van der Waals surface area contributed by atoms with Crippen LogP contribution >= 0.6 is 0 Å². The Morgan fingerprint density at radius 3 is 2.50 bits per heavy atom. The van der Waals surface area contributed by atoms with E-state index in [1.165, 1.54) is 0 Å². The van der Waals surface area contributed by atoms with Crippen molar-refractivity contribution in [3.05, 3.63) is 61.1 Å². The predicted octanol–water partition coefficient (Wildman–Crippen LogP) is 3.27. The summed E-state index contributed by atoms with van der Waals surface area (Å²) in [6.45, 7) is 0. The molecule has 3 N–H and O–H groups in total. The van der Waals surface area contributed by atoms with E-state index < -0.39 is 0 Å². The lowest BCUT2D eigenvalue weighted by Crippen LogP contribution is -1.95. The summed E-state index contributed by atoms with van der Waals surface area (Å²) < 4.78 is 0. The highest BCUT2D eigenvalue weighted by molar-refractivity contribution is 6.03. The fourth-order valence-corrected chi connectivity index (χ4v) is 2.64. The van der Waals surface area contributed by atoms with E-state index in [0.717, 1.165) is 33.4 Å². The highest BCUT2D eigenvalue weighted by Gasteiger charge is 2.13. The molecule has 0 aliphatic heterocycles. The van der Waals surface area contributed by atoms with Crippen LogP contribution in [0.4, 0.5) is 5.95 Å². The summed E-state index contributed by atoms with van der Waals surface area (Å²) in [6, 6.07) is 14.1. The van der Waals surface area contributed by atoms with E-state index in [0.29, 0.717) is 0 Å². The van der Waals surface area contributed by atoms with Gasteiger partial charge in [0.15, 0.2) is 0 Å². The number of hydrogen-bond acceptors (Lipinski definition) is 4. The van der Waals surface area contributed by atoms with Gasteiger partial charge in [-0.3, -0.25) is 0 Å². The summed E-state index contributed by atoms with van der Waals surface area (Å²) in [5.41, 5.74) is 10.5. The molecule has 0 saturated heterocycles. The fourth-order valence-electron chi connectivity index (χ4n) is 2.64. The summed E-state index contributed by atoms with van der Waals surface area (Å²) in [5, 5.41) is 1.03. The number of aromatic amines is 1. The minimum atomic E-state index is 0.261. The molecule has 0 aliphatic carbocycles. The van der Waals surface area contributed by atoms with Crippen LogP contribution in [-0.4, -0.2) is 19.9 Å². The Morgan fingerprint density at radius 2 is 1.68 bits per heavy atom. The van der Waals surface area contributed by atoms with E-state index in [4.69, 9.17) is 5.73 Å². The van der Waals surface area contributed by atoms with Gasteiger partial charge in [-0.15, -0.1) is 0 Å². The second-order valence-corrected chi connectivity index (χ2v) is 4.95. The summed E-state index contributed by atoms with van der Waals surface area (Å²) >= 11 is 0. The SMILES string of the molecule is Nc1nccc(-c2c[nH]c3nccc(-c4ccccc4)c23)n1. The third kappa shape index (κ3) is 2.00. The predicted molar refractivity (Wildman–Crippen MR) is 87.0 cm³/mol. The maximum atomic E-state index is 5.71. The molecule has 0 amide bonds. The molecule has 1 aromatic carbocycles.